The van der Waals surface area contributed by atoms with E-state index < -0.39 is 5.91 Å². The first-order valence-electron chi connectivity index (χ1n) is 10.8. The summed E-state index contributed by atoms with van der Waals surface area (Å²) in [4.78, 5) is 12.7. The molecule has 0 aliphatic carbocycles. The normalized spacial score (nSPS) is 11.0. The molecule has 1 amide bonds. The van der Waals surface area contributed by atoms with Crippen molar-refractivity contribution in [3.05, 3.63) is 92.5 Å². The maximum Gasteiger partial charge on any atom is 0.266 e. The van der Waals surface area contributed by atoms with Crippen molar-refractivity contribution in [3.8, 4) is 17.6 Å². The first-order chi connectivity index (χ1) is 16.2. The Bertz CT molecular complexity index is 1310. The van der Waals surface area contributed by atoms with E-state index in [0.29, 0.717) is 34.4 Å². The fourth-order valence-corrected chi connectivity index (χ4v) is 3.68. The number of hydrogen-bond acceptors (Lipinski definition) is 4. The van der Waals surface area contributed by atoms with Crippen LogP contribution < -0.4 is 14.8 Å². The molecule has 3 rings (SSSR count). The van der Waals surface area contributed by atoms with Gasteiger partial charge in [-0.05, 0) is 85.4 Å². The number of amides is 1. The molecule has 0 bridgehead atoms. The molecule has 34 heavy (non-hydrogen) atoms. The van der Waals surface area contributed by atoms with Crippen molar-refractivity contribution in [2.75, 3.05) is 12.4 Å². The van der Waals surface area contributed by atoms with Crippen LogP contribution in [0, 0.1) is 39.0 Å². The predicted octanol–water partition coefficient (Wildman–Crippen LogP) is 6.71. The molecule has 0 fully saturated rings. The van der Waals surface area contributed by atoms with Gasteiger partial charge in [0.1, 0.15) is 18.2 Å². The minimum absolute atomic E-state index is 0.0529. The maximum atomic E-state index is 12.7. The average molecular weight is 475 g/mol. The second-order valence-corrected chi connectivity index (χ2v) is 8.52. The predicted molar refractivity (Wildman–Crippen MR) is 136 cm³/mol. The summed E-state index contributed by atoms with van der Waals surface area (Å²) in [5, 5.41) is 12.7. The quantitative estimate of drug-likeness (QED) is 0.305. The Kier molecular flexibility index (Phi) is 7.99. The summed E-state index contributed by atoms with van der Waals surface area (Å²) >= 11 is 6.49. The van der Waals surface area contributed by atoms with Gasteiger partial charge in [-0.25, -0.2) is 0 Å². The summed E-state index contributed by atoms with van der Waals surface area (Å²) in [6.45, 7) is 8.32. The van der Waals surface area contributed by atoms with Crippen LogP contribution in [-0.2, 0) is 11.4 Å². The molecule has 3 aromatic rings. The summed E-state index contributed by atoms with van der Waals surface area (Å²) in [5.41, 5.74) is 6.57. The number of halogens is 1. The highest BCUT2D eigenvalue weighted by atomic mass is 35.5. The van der Waals surface area contributed by atoms with Crippen LogP contribution >= 0.6 is 11.6 Å². The number of nitriles is 1. The number of carbonyl (C=O) groups is 1. The number of hydrogen-bond donors (Lipinski definition) is 1. The van der Waals surface area contributed by atoms with Gasteiger partial charge in [0.2, 0.25) is 0 Å². The highest BCUT2D eigenvalue weighted by Gasteiger charge is 2.15. The summed E-state index contributed by atoms with van der Waals surface area (Å²) < 4.78 is 11.4. The third-order valence-electron chi connectivity index (χ3n) is 5.74. The lowest BCUT2D eigenvalue weighted by Crippen LogP contribution is -2.14. The van der Waals surface area contributed by atoms with E-state index >= 15 is 0 Å². The zero-order chi connectivity index (χ0) is 24.8. The zero-order valence-electron chi connectivity index (χ0n) is 20.0. The SMILES string of the molecule is COc1cc(/C=C(\C#N)C(=O)Nc2cccc(C)c2C)cc(Cl)c1OCc1ccc(C)c(C)c1. The summed E-state index contributed by atoms with van der Waals surface area (Å²) in [5.74, 6) is 0.314. The topological polar surface area (TPSA) is 71.3 Å². The lowest BCUT2D eigenvalue weighted by molar-refractivity contribution is -0.112. The van der Waals surface area contributed by atoms with Gasteiger partial charge in [0.15, 0.2) is 11.5 Å². The molecule has 6 heteroatoms. The number of rotatable bonds is 7. The van der Waals surface area contributed by atoms with E-state index in [9.17, 15) is 10.1 Å². The molecule has 3 aromatic carbocycles. The summed E-state index contributed by atoms with van der Waals surface area (Å²) in [6.07, 6.45) is 1.47. The highest BCUT2D eigenvalue weighted by molar-refractivity contribution is 6.32. The van der Waals surface area contributed by atoms with E-state index in [-0.39, 0.29) is 5.57 Å². The third kappa shape index (κ3) is 5.78. The Morgan fingerprint density at radius 3 is 2.50 bits per heavy atom. The molecule has 0 aliphatic rings. The van der Waals surface area contributed by atoms with Gasteiger partial charge in [0.05, 0.1) is 12.1 Å². The van der Waals surface area contributed by atoms with E-state index in [1.54, 1.807) is 18.2 Å². The first-order valence-corrected chi connectivity index (χ1v) is 11.2. The van der Waals surface area contributed by atoms with Gasteiger partial charge < -0.3 is 14.8 Å². The van der Waals surface area contributed by atoms with Crippen LogP contribution in [0.4, 0.5) is 5.69 Å². The van der Waals surface area contributed by atoms with E-state index in [4.69, 9.17) is 21.1 Å². The van der Waals surface area contributed by atoms with E-state index in [2.05, 4.69) is 25.2 Å². The Morgan fingerprint density at radius 2 is 1.82 bits per heavy atom. The van der Waals surface area contributed by atoms with E-state index in [0.717, 1.165) is 16.7 Å². The maximum absolute atomic E-state index is 12.7. The number of anilines is 1. The molecular weight excluding hydrogens is 448 g/mol. The molecule has 174 valence electrons. The number of ether oxygens (including phenoxy) is 2. The molecule has 0 saturated carbocycles. The van der Waals surface area contributed by atoms with Gasteiger partial charge in [-0.1, -0.05) is 41.9 Å². The minimum atomic E-state index is -0.499. The fraction of sp³-hybridized carbons (Fsp3) is 0.214. The second kappa shape index (κ2) is 10.9. The average Bonchev–Trinajstić information content (AvgIpc) is 2.81. The number of methoxy groups -OCH3 is 1. The molecule has 0 aromatic heterocycles. The van der Waals surface area contributed by atoms with Crippen LogP contribution in [0.5, 0.6) is 11.5 Å². The smallest absolute Gasteiger partial charge is 0.266 e. The van der Waals surface area contributed by atoms with Gasteiger partial charge in [-0.3, -0.25) is 4.79 Å². The number of nitrogens with one attached hydrogen (secondary N) is 1. The largest absolute Gasteiger partial charge is 0.493 e. The van der Waals surface area contributed by atoms with Crippen LogP contribution in [0.15, 0.2) is 54.1 Å². The molecular formula is C28H27ClN2O3. The summed E-state index contributed by atoms with van der Waals surface area (Å²) in [6, 6.07) is 17.0. The number of nitrogens with zero attached hydrogens (tertiary/aromatic N) is 1. The van der Waals surface area contributed by atoms with Gasteiger partial charge in [0.25, 0.3) is 5.91 Å². The molecule has 5 nitrogen and oxygen atoms in total. The van der Waals surface area contributed by atoms with Crippen LogP contribution in [0.3, 0.4) is 0 Å². The summed E-state index contributed by atoms with van der Waals surface area (Å²) in [7, 11) is 1.51. The second-order valence-electron chi connectivity index (χ2n) is 8.11. The Balaban J connectivity index is 1.83. The first kappa shape index (κ1) is 24.9. The molecule has 0 saturated heterocycles. The van der Waals surface area contributed by atoms with Crippen molar-refractivity contribution in [3.63, 3.8) is 0 Å². The van der Waals surface area contributed by atoms with E-state index in [1.165, 1.54) is 24.3 Å². The number of benzene rings is 3. The molecule has 0 atom stereocenters. The van der Waals surface area contributed by atoms with E-state index in [1.807, 2.05) is 44.2 Å². The number of aryl methyl sites for hydroxylation is 3. The van der Waals surface area contributed by atoms with Gasteiger partial charge in [-0.2, -0.15) is 5.26 Å². The Morgan fingerprint density at radius 1 is 1.06 bits per heavy atom. The van der Waals surface area contributed by atoms with Crippen LogP contribution in [0.25, 0.3) is 6.08 Å². The fourth-order valence-electron chi connectivity index (χ4n) is 3.40. The van der Waals surface area contributed by atoms with Crippen molar-refractivity contribution in [1.29, 1.82) is 5.26 Å². The molecule has 0 aliphatic heterocycles. The standard InChI is InChI=1S/C28H27ClN2O3/c1-17-9-10-21(11-19(17)3)16-34-27-24(29)13-22(14-26(27)33-5)12-23(15-30)28(32)31-25-8-6-7-18(2)20(25)4/h6-14H,16H2,1-5H3,(H,31,32)/b23-12+. The monoisotopic (exact) mass is 474 g/mol. The van der Waals surface area contributed by atoms with Crippen molar-refractivity contribution in [2.24, 2.45) is 0 Å². The number of carbonyl (C=O) groups excluding carboxylic acids is 1. The molecule has 0 radical (unpaired) electrons. The molecule has 1 N–H and O–H groups in total. The highest BCUT2D eigenvalue weighted by Crippen LogP contribution is 2.37. The molecule has 0 unspecified atom stereocenters. The van der Waals surface area contributed by atoms with Gasteiger partial charge in [0, 0.05) is 5.69 Å². The molecule has 0 spiro atoms. The van der Waals surface area contributed by atoms with Crippen molar-refractivity contribution >= 4 is 29.3 Å². The zero-order valence-corrected chi connectivity index (χ0v) is 20.7. The lowest BCUT2D eigenvalue weighted by atomic mass is 10.1. The van der Waals surface area contributed by atoms with Gasteiger partial charge >= 0.3 is 0 Å². The van der Waals surface area contributed by atoms with Crippen LogP contribution in [-0.4, -0.2) is 13.0 Å². The van der Waals surface area contributed by atoms with Gasteiger partial charge in [-0.15, -0.1) is 0 Å². The third-order valence-corrected chi connectivity index (χ3v) is 6.02. The van der Waals surface area contributed by atoms with Crippen molar-refractivity contribution in [2.45, 2.75) is 34.3 Å². The molecule has 0 heterocycles. The van der Waals surface area contributed by atoms with Crippen LogP contribution in [0.2, 0.25) is 5.02 Å². The van der Waals surface area contributed by atoms with Crippen LogP contribution in [0.1, 0.15) is 33.4 Å². The Hall–Kier alpha value is -3.75. The minimum Gasteiger partial charge on any atom is -0.493 e. The Labute approximate surface area is 205 Å². The van der Waals surface area contributed by atoms with Crippen molar-refractivity contribution < 1.29 is 14.3 Å². The van der Waals surface area contributed by atoms with Crippen molar-refractivity contribution in [1.82, 2.24) is 0 Å². The lowest BCUT2D eigenvalue weighted by Gasteiger charge is -2.14.